The molecular weight excluding hydrogens is 180 g/mol. The first-order chi connectivity index (χ1) is 5.86. The molecular formula is C6H10N2O5. The average Bonchev–Trinajstić information content (AvgIpc) is 1.97. The van der Waals surface area contributed by atoms with Crippen molar-refractivity contribution in [2.24, 2.45) is 17.4 Å². The lowest BCUT2D eigenvalue weighted by Gasteiger charge is -2.10. The number of nitrogens with two attached hydrogens (primary N) is 2. The van der Waals surface area contributed by atoms with E-state index < -0.39 is 36.2 Å². The van der Waals surface area contributed by atoms with Crippen LogP contribution in [-0.2, 0) is 14.4 Å². The molecule has 0 radical (unpaired) electrons. The fraction of sp³-hybridized carbons (Fsp3) is 0.500. The molecule has 0 spiro atoms. The van der Waals surface area contributed by atoms with Gasteiger partial charge in [-0.2, -0.15) is 0 Å². The monoisotopic (exact) mass is 190 g/mol. The van der Waals surface area contributed by atoms with Gasteiger partial charge < -0.3 is 21.7 Å². The summed E-state index contributed by atoms with van der Waals surface area (Å²) in [5.41, 5.74) is 9.83. The van der Waals surface area contributed by atoms with Gasteiger partial charge in [0.05, 0.1) is 6.04 Å². The lowest BCUT2D eigenvalue weighted by atomic mass is 10.0. The van der Waals surface area contributed by atoms with Gasteiger partial charge in [0.15, 0.2) is 5.92 Å². The number of carbonyl (C=O) groups excluding carboxylic acids is 1. The molecule has 13 heavy (non-hydrogen) atoms. The standard InChI is InChI=1S/C6H10N2O5/c7-3(4(8)9)1-2(5(10)11)6(12)13/h2-3H,1,7H2,(H2,8,9)(H,10,11)(H,12,13)/t3-/m0/s1. The summed E-state index contributed by atoms with van der Waals surface area (Å²) in [6, 6.07) is -1.25. The smallest absolute Gasteiger partial charge is 0.317 e. The second-order valence-corrected chi connectivity index (χ2v) is 2.47. The van der Waals surface area contributed by atoms with Gasteiger partial charge in [-0.1, -0.05) is 0 Å². The van der Waals surface area contributed by atoms with Gasteiger partial charge in [0.25, 0.3) is 0 Å². The number of hydrogen-bond donors (Lipinski definition) is 4. The van der Waals surface area contributed by atoms with Gasteiger partial charge in [-0.05, 0) is 6.42 Å². The second-order valence-electron chi connectivity index (χ2n) is 2.47. The average molecular weight is 190 g/mol. The molecule has 6 N–H and O–H groups in total. The summed E-state index contributed by atoms with van der Waals surface area (Å²) in [4.78, 5) is 31.0. The SMILES string of the molecule is NC(=O)[C@@H](N)CC(C(=O)O)C(=O)O. The highest BCUT2D eigenvalue weighted by atomic mass is 16.4. The highest BCUT2D eigenvalue weighted by molar-refractivity contribution is 5.93. The van der Waals surface area contributed by atoms with Crippen molar-refractivity contribution < 1.29 is 24.6 Å². The quantitative estimate of drug-likeness (QED) is 0.368. The molecule has 1 amide bonds. The number of carboxylic acids is 2. The number of carboxylic acid groups (broad SMARTS) is 2. The van der Waals surface area contributed by atoms with Gasteiger partial charge in [-0.15, -0.1) is 0 Å². The fourth-order valence-corrected chi connectivity index (χ4v) is 0.677. The first-order valence-electron chi connectivity index (χ1n) is 3.36. The van der Waals surface area contributed by atoms with E-state index in [0.717, 1.165) is 0 Å². The first kappa shape index (κ1) is 11.4. The Hall–Kier alpha value is -1.63. The lowest BCUT2D eigenvalue weighted by Crippen LogP contribution is -2.41. The summed E-state index contributed by atoms with van der Waals surface area (Å²) >= 11 is 0. The Bertz CT molecular complexity index is 225. The maximum atomic E-state index is 10.4. The maximum Gasteiger partial charge on any atom is 0.317 e. The molecule has 0 aliphatic heterocycles. The molecule has 0 saturated carbocycles. The lowest BCUT2D eigenvalue weighted by molar-refractivity contribution is -0.155. The summed E-state index contributed by atoms with van der Waals surface area (Å²) < 4.78 is 0. The van der Waals surface area contributed by atoms with Crippen molar-refractivity contribution in [3.8, 4) is 0 Å². The molecule has 0 aliphatic rings. The molecule has 0 aromatic rings. The first-order valence-corrected chi connectivity index (χ1v) is 3.36. The van der Waals surface area contributed by atoms with Crippen molar-refractivity contribution >= 4 is 17.8 Å². The topological polar surface area (TPSA) is 144 Å². The molecule has 1 atom stereocenters. The summed E-state index contributed by atoms with van der Waals surface area (Å²) in [6.45, 7) is 0. The van der Waals surface area contributed by atoms with E-state index in [2.05, 4.69) is 0 Å². The Morgan fingerprint density at radius 1 is 1.15 bits per heavy atom. The van der Waals surface area contributed by atoms with Gasteiger partial charge in [0.2, 0.25) is 5.91 Å². The van der Waals surface area contributed by atoms with Gasteiger partial charge >= 0.3 is 11.9 Å². The minimum atomic E-state index is -1.69. The fourth-order valence-electron chi connectivity index (χ4n) is 0.677. The van der Waals surface area contributed by atoms with Crippen LogP contribution in [0.3, 0.4) is 0 Å². The minimum Gasteiger partial charge on any atom is -0.481 e. The molecule has 7 heteroatoms. The molecule has 74 valence electrons. The van der Waals surface area contributed by atoms with Crippen LogP contribution in [0.4, 0.5) is 0 Å². The molecule has 0 heterocycles. The van der Waals surface area contributed by atoms with E-state index in [4.69, 9.17) is 21.7 Å². The third-order valence-corrected chi connectivity index (χ3v) is 1.45. The highest BCUT2D eigenvalue weighted by Gasteiger charge is 2.29. The molecule has 0 fully saturated rings. The van der Waals surface area contributed by atoms with E-state index in [9.17, 15) is 14.4 Å². The van der Waals surface area contributed by atoms with Gasteiger partial charge in [-0.3, -0.25) is 14.4 Å². The molecule has 0 rings (SSSR count). The molecule has 7 nitrogen and oxygen atoms in total. The van der Waals surface area contributed by atoms with E-state index in [-0.39, 0.29) is 0 Å². The van der Waals surface area contributed by atoms with E-state index >= 15 is 0 Å². The van der Waals surface area contributed by atoms with Crippen LogP contribution in [0.25, 0.3) is 0 Å². The van der Waals surface area contributed by atoms with Crippen LogP contribution >= 0.6 is 0 Å². The van der Waals surface area contributed by atoms with Gasteiger partial charge in [0, 0.05) is 0 Å². The Morgan fingerprint density at radius 3 is 1.77 bits per heavy atom. The van der Waals surface area contributed by atoms with E-state index in [1.807, 2.05) is 0 Å². The Kier molecular flexibility index (Phi) is 3.86. The van der Waals surface area contributed by atoms with E-state index in [1.54, 1.807) is 0 Å². The number of amides is 1. The van der Waals surface area contributed by atoms with Crippen LogP contribution in [0.2, 0.25) is 0 Å². The van der Waals surface area contributed by atoms with Gasteiger partial charge in [-0.25, -0.2) is 0 Å². The van der Waals surface area contributed by atoms with Crippen molar-refractivity contribution in [2.45, 2.75) is 12.5 Å². The van der Waals surface area contributed by atoms with E-state index in [0.29, 0.717) is 0 Å². The Balaban J connectivity index is 4.35. The minimum absolute atomic E-state index is 0.500. The molecule has 0 aromatic heterocycles. The number of primary amides is 1. The summed E-state index contributed by atoms with van der Waals surface area (Å²) in [6.07, 6.45) is -0.500. The molecule has 0 aliphatic carbocycles. The summed E-state index contributed by atoms with van der Waals surface area (Å²) in [7, 11) is 0. The number of carbonyl (C=O) groups is 3. The maximum absolute atomic E-state index is 10.4. The number of hydrogen-bond acceptors (Lipinski definition) is 4. The zero-order chi connectivity index (χ0) is 10.6. The second kappa shape index (κ2) is 4.41. The van der Waals surface area contributed by atoms with Crippen LogP contribution < -0.4 is 11.5 Å². The van der Waals surface area contributed by atoms with Crippen molar-refractivity contribution in [2.75, 3.05) is 0 Å². The van der Waals surface area contributed by atoms with Crippen LogP contribution in [0.1, 0.15) is 6.42 Å². The third kappa shape index (κ3) is 3.52. The predicted molar refractivity (Wildman–Crippen MR) is 40.5 cm³/mol. The molecule has 0 saturated heterocycles. The van der Waals surface area contributed by atoms with Crippen molar-refractivity contribution in [3.63, 3.8) is 0 Å². The molecule has 0 aromatic carbocycles. The Morgan fingerprint density at radius 2 is 1.54 bits per heavy atom. The van der Waals surface area contributed by atoms with Gasteiger partial charge in [0.1, 0.15) is 0 Å². The Labute approximate surface area is 73.3 Å². The summed E-state index contributed by atoms with van der Waals surface area (Å²) in [5.74, 6) is -5.69. The van der Waals surface area contributed by atoms with Crippen molar-refractivity contribution in [1.82, 2.24) is 0 Å². The number of aliphatic carboxylic acids is 2. The van der Waals surface area contributed by atoms with Crippen LogP contribution in [0, 0.1) is 5.92 Å². The zero-order valence-electron chi connectivity index (χ0n) is 6.64. The van der Waals surface area contributed by atoms with Crippen molar-refractivity contribution in [3.05, 3.63) is 0 Å². The summed E-state index contributed by atoms with van der Waals surface area (Å²) in [5, 5.41) is 16.8. The third-order valence-electron chi connectivity index (χ3n) is 1.45. The molecule has 0 unspecified atom stereocenters. The van der Waals surface area contributed by atoms with Crippen LogP contribution in [0.5, 0.6) is 0 Å². The van der Waals surface area contributed by atoms with Crippen LogP contribution in [0.15, 0.2) is 0 Å². The number of rotatable bonds is 5. The highest BCUT2D eigenvalue weighted by Crippen LogP contribution is 2.05. The van der Waals surface area contributed by atoms with Crippen molar-refractivity contribution in [1.29, 1.82) is 0 Å². The molecule has 0 bridgehead atoms. The predicted octanol–water partition coefficient (Wildman–Crippen LogP) is -2.03. The van der Waals surface area contributed by atoms with E-state index in [1.165, 1.54) is 0 Å². The largest absolute Gasteiger partial charge is 0.481 e. The normalized spacial score (nSPS) is 12.5. The van der Waals surface area contributed by atoms with Crippen LogP contribution in [-0.4, -0.2) is 34.1 Å². The zero-order valence-corrected chi connectivity index (χ0v) is 6.64.